The van der Waals surface area contributed by atoms with Crippen molar-refractivity contribution in [2.75, 3.05) is 26.2 Å². The van der Waals surface area contributed by atoms with E-state index in [1.165, 1.54) is 12.1 Å². The zero-order valence-corrected chi connectivity index (χ0v) is 13.9. The Labute approximate surface area is 147 Å². The number of H-pyrrole nitrogens is 1. The van der Waals surface area contributed by atoms with Gasteiger partial charge in [0.15, 0.2) is 5.69 Å². The van der Waals surface area contributed by atoms with E-state index in [0.29, 0.717) is 37.7 Å². The Bertz CT molecular complexity index is 804. The van der Waals surface area contributed by atoms with Crippen molar-refractivity contribution in [3.05, 3.63) is 56.5 Å². The fraction of sp³-hybridized carbons (Fsp3) is 0.333. The van der Waals surface area contributed by atoms with Crippen molar-refractivity contribution >= 4 is 23.3 Å². The molecule has 1 N–H and O–H groups in total. The molecule has 10 heteroatoms. The van der Waals surface area contributed by atoms with Gasteiger partial charge in [-0.15, -0.1) is 5.10 Å². The number of nitrogens with one attached hydrogen (secondary N) is 1. The van der Waals surface area contributed by atoms with E-state index in [9.17, 15) is 19.3 Å². The summed E-state index contributed by atoms with van der Waals surface area (Å²) in [5.74, 6) is -1.03. The van der Waals surface area contributed by atoms with Gasteiger partial charge in [0.25, 0.3) is 5.91 Å². The number of benzene rings is 1. The van der Waals surface area contributed by atoms with Crippen molar-refractivity contribution in [1.29, 1.82) is 0 Å². The normalized spacial score (nSPS) is 15.4. The summed E-state index contributed by atoms with van der Waals surface area (Å²) in [6.07, 6.45) is 0. The molecular formula is C15H15ClFN5O3. The molecule has 0 radical (unpaired) electrons. The van der Waals surface area contributed by atoms with Gasteiger partial charge in [0.05, 0.1) is 6.07 Å². The molecule has 0 spiro atoms. The van der Waals surface area contributed by atoms with E-state index < -0.39 is 4.92 Å². The van der Waals surface area contributed by atoms with Gasteiger partial charge in [-0.3, -0.25) is 9.69 Å². The minimum atomic E-state index is -0.631. The Morgan fingerprint density at radius 1 is 1.32 bits per heavy atom. The first kappa shape index (κ1) is 17.3. The van der Waals surface area contributed by atoms with Gasteiger partial charge in [-0.25, -0.2) is 4.39 Å². The zero-order chi connectivity index (χ0) is 18.0. The highest BCUT2D eigenvalue weighted by atomic mass is 35.5. The molecule has 0 unspecified atom stereocenters. The summed E-state index contributed by atoms with van der Waals surface area (Å²) in [6, 6.07) is 5.43. The number of nitro groups is 1. The van der Waals surface area contributed by atoms with Crippen LogP contribution in [0, 0.1) is 15.9 Å². The lowest BCUT2D eigenvalue weighted by Crippen LogP contribution is -2.48. The topological polar surface area (TPSA) is 95.4 Å². The molecule has 1 saturated heterocycles. The molecule has 2 heterocycles. The second-order valence-corrected chi connectivity index (χ2v) is 6.11. The second-order valence-electron chi connectivity index (χ2n) is 5.70. The van der Waals surface area contributed by atoms with E-state index in [2.05, 4.69) is 15.1 Å². The molecule has 8 nitrogen and oxygen atoms in total. The number of carbonyl (C=O) groups excluding carboxylic acids is 1. The highest BCUT2D eigenvalue weighted by Gasteiger charge is 2.26. The van der Waals surface area contributed by atoms with Crippen LogP contribution in [0.5, 0.6) is 0 Å². The summed E-state index contributed by atoms with van der Waals surface area (Å²) < 4.78 is 13.1. The SMILES string of the molecule is O=C(c1cc([N+](=O)[O-])[nH]n1)N1CCN(Cc2ccc(F)cc2Cl)CC1. The molecule has 1 aliphatic heterocycles. The van der Waals surface area contributed by atoms with Crippen molar-refractivity contribution in [3.63, 3.8) is 0 Å². The minimum absolute atomic E-state index is 0.0294. The Kier molecular flexibility index (Phi) is 4.95. The summed E-state index contributed by atoms with van der Waals surface area (Å²) in [6.45, 7) is 2.74. The standard InChI is InChI=1S/C15H15ClFN5O3/c16-12-7-11(17)2-1-10(12)9-20-3-5-21(6-4-20)15(23)13-8-14(19-18-13)22(24)25/h1-2,7-8H,3-6,9H2,(H,18,19). The summed E-state index contributed by atoms with van der Waals surface area (Å²) in [4.78, 5) is 26.1. The zero-order valence-electron chi connectivity index (χ0n) is 13.1. The molecule has 25 heavy (non-hydrogen) atoms. The Balaban J connectivity index is 1.57. The molecule has 1 aromatic carbocycles. The predicted octanol–water partition coefficient (Wildman–Crippen LogP) is 2.07. The predicted molar refractivity (Wildman–Crippen MR) is 87.8 cm³/mol. The van der Waals surface area contributed by atoms with E-state index in [1.807, 2.05) is 0 Å². The van der Waals surface area contributed by atoms with Gasteiger partial charge in [-0.1, -0.05) is 22.8 Å². The third kappa shape index (κ3) is 3.94. The molecule has 0 aliphatic carbocycles. The number of rotatable bonds is 4. The summed E-state index contributed by atoms with van der Waals surface area (Å²) >= 11 is 6.04. The second kappa shape index (κ2) is 7.16. The summed E-state index contributed by atoms with van der Waals surface area (Å²) in [7, 11) is 0. The maximum Gasteiger partial charge on any atom is 0.343 e. The first-order valence-corrected chi connectivity index (χ1v) is 7.97. The molecule has 132 valence electrons. The number of carbonyl (C=O) groups is 1. The van der Waals surface area contributed by atoms with Gasteiger partial charge >= 0.3 is 5.82 Å². The lowest BCUT2D eigenvalue weighted by molar-refractivity contribution is -0.389. The summed E-state index contributed by atoms with van der Waals surface area (Å²) in [5.41, 5.74) is 0.854. The van der Waals surface area contributed by atoms with Gasteiger partial charge in [0.2, 0.25) is 0 Å². The fourth-order valence-electron chi connectivity index (χ4n) is 2.68. The monoisotopic (exact) mass is 367 g/mol. The van der Waals surface area contributed by atoms with Crippen LogP contribution in [0.25, 0.3) is 0 Å². The van der Waals surface area contributed by atoms with Gasteiger partial charge in [0, 0.05) is 37.7 Å². The highest BCUT2D eigenvalue weighted by molar-refractivity contribution is 6.31. The van der Waals surface area contributed by atoms with Crippen LogP contribution >= 0.6 is 11.6 Å². The molecule has 2 aromatic rings. The van der Waals surface area contributed by atoms with E-state index in [0.717, 1.165) is 11.6 Å². The number of hydrogen-bond acceptors (Lipinski definition) is 5. The van der Waals surface area contributed by atoms with Crippen LogP contribution in [-0.2, 0) is 6.54 Å². The van der Waals surface area contributed by atoms with E-state index in [-0.39, 0.29) is 23.2 Å². The van der Waals surface area contributed by atoms with Crippen molar-refractivity contribution < 1.29 is 14.1 Å². The molecule has 1 amide bonds. The molecule has 0 bridgehead atoms. The fourth-order valence-corrected chi connectivity index (χ4v) is 2.90. The molecular weight excluding hydrogens is 353 g/mol. The number of halogens is 2. The Morgan fingerprint density at radius 3 is 2.64 bits per heavy atom. The molecule has 1 aliphatic rings. The van der Waals surface area contributed by atoms with Gasteiger partial charge in [0.1, 0.15) is 5.82 Å². The van der Waals surface area contributed by atoms with E-state index in [4.69, 9.17) is 11.6 Å². The third-order valence-electron chi connectivity index (χ3n) is 4.05. The van der Waals surface area contributed by atoms with Crippen LogP contribution in [0.2, 0.25) is 5.02 Å². The number of piperazine rings is 1. The van der Waals surface area contributed by atoms with Crippen LogP contribution in [0.3, 0.4) is 0 Å². The van der Waals surface area contributed by atoms with Gasteiger partial charge in [-0.05, 0) is 22.6 Å². The average Bonchev–Trinajstić information content (AvgIpc) is 3.08. The smallest absolute Gasteiger partial charge is 0.343 e. The summed E-state index contributed by atoms with van der Waals surface area (Å²) in [5, 5.41) is 16.9. The lowest BCUT2D eigenvalue weighted by Gasteiger charge is -2.34. The first-order valence-electron chi connectivity index (χ1n) is 7.59. The molecule has 0 saturated carbocycles. The number of aromatic amines is 1. The maximum absolute atomic E-state index is 13.1. The molecule has 0 atom stereocenters. The number of amides is 1. The van der Waals surface area contributed by atoms with E-state index in [1.54, 1.807) is 11.0 Å². The molecule has 3 rings (SSSR count). The number of aromatic nitrogens is 2. The van der Waals surface area contributed by atoms with Gasteiger partial charge in [-0.2, -0.15) is 0 Å². The van der Waals surface area contributed by atoms with Crippen LogP contribution in [0.4, 0.5) is 10.2 Å². The van der Waals surface area contributed by atoms with E-state index >= 15 is 0 Å². The maximum atomic E-state index is 13.1. The lowest BCUT2D eigenvalue weighted by atomic mass is 10.2. The minimum Gasteiger partial charge on any atom is -0.358 e. The molecule has 1 aromatic heterocycles. The Hall–Kier alpha value is -2.52. The van der Waals surface area contributed by atoms with Crippen molar-refractivity contribution in [2.45, 2.75) is 6.54 Å². The van der Waals surface area contributed by atoms with Crippen LogP contribution in [0.15, 0.2) is 24.3 Å². The average molecular weight is 368 g/mol. The highest BCUT2D eigenvalue weighted by Crippen LogP contribution is 2.20. The van der Waals surface area contributed by atoms with Crippen LogP contribution in [-0.4, -0.2) is 57.0 Å². The van der Waals surface area contributed by atoms with Crippen LogP contribution in [0.1, 0.15) is 16.1 Å². The quantitative estimate of drug-likeness (QED) is 0.659. The van der Waals surface area contributed by atoms with Crippen molar-refractivity contribution in [3.8, 4) is 0 Å². The number of nitrogens with zero attached hydrogens (tertiary/aromatic N) is 4. The largest absolute Gasteiger partial charge is 0.358 e. The van der Waals surface area contributed by atoms with Crippen LogP contribution < -0.4 is 0 Å². The Morgan fingerprint density at radius 2 is 2.04 bits per heavy atom. The van der Waals surface area contributed by atoms with Crippen molar-refractivity contribution in [2.24, 2.45) is 0 Å². The van der Waals surface area contributed by atoms with Gasteiger partial charge < -0.3 is 15.0 Å². The van der Waals surface area contributed by atoms with Crippen molar-refractivity contribution in [1.82, 2.24) is 20.0 Å². The molecule has 1 fully saturated rings. The first-order chi connectivity index (χ1) is 11.9. The third-order valence-corrected chi connectivity index (χ3v) is 4.40. The number of hydrogen-bond donors (Lipinski definition) is 1.